The Balaban J connectivity index is 1.50. The van der Waals surface area contributed by atoms with Gasteiger partial charge >= 0.3 is 5.97 Å². The van der Waals surface area contributed by atoms with Gasteiger partial charge in [0.2, 0.25) is 0 Å². The molecule has 0 bridgehead atoms. The number of ether oxygens (including phenoxy) is 1. The fraction of sp³-hybridized carbons (Fsp3) is 0.235. The molecule has 0 aliphatic rings. The number of benzene rings is 1. The first kappa shape index (κ1) is 19.1. The molecule has 140 valence electrons. The highest BCUT2D eigenvalue weighted by molar-refractivity contribution is 6.35. The van der Waals surface area contributed by atoms with Crippen LogP contribution in [-0.4, -0.2) is 38.1 Å². The van der Waals surface area contributed by atoms with Crippen molar-refractivity contribution in [3.8, 4) is 0 Å². The molecule has 0 unspecified atom stereocenters. The maximum absolute atomic E-state index is 12.0. The molecule has 0 radical (unpaired) electrons. The Kier molecular flexibility index (Phi) is 5.88. The van der Waals surface area contributed by atoms with E-state index in [1.54, 1.807) is 43.6 Å². The lowest BCUT2D eigenvalue weighted by molar-refractivity contribution is -0.148. The van der Waals surface area contributed by atoms with Gasteiger partial charge in [-0.15, -0.1) is 5.10 Å². The minimum atomic E-state index is -0.613. The highest BCUT2D eigenvalue weighted by atomic mass is 35.5. The minimum absolute atomic E-state index is 0.158. The predicted octanol–water partition coefficient (Wildman–Crippen LogP) is 2.39. The normalized spacial score (nSPS) is 12.0. The number of hydrogen-bond donors (Lipinski definition) is 1. The number of hydrogen-bond acceptors (Lipinski definition) is 6. The Labute approximate surface area is 164 Å². The van der Waals surface area contributed by atoms with Crippen molar-refractivity contribution in [2.24, 2.45) is 0 Å². The van der Waals surface area contributed by atoms with Crippen LogP contribution < -0.4 is 5.32 Å². The molecule has 0 aliphatic carbocycles. The zero-order valence-electron chi connectivity index (χ0n) is 14.2. The van der Waals surface area contributed by atoms with E-state index in [2.05, 4.69) is 20.4 Å². The van der Waals surface area contributed by atoms with Crippen molar-refractivity contribution in [1.29, 1.82) is 0 Å². The van der Waals surface area contributed by atoms with Crippen molar-refractivity contribution < 1.29 is 14.3 Å². The summed E-state index contributed by atoms with van der Waals surface area (Å²) in [6, 6.07) is 6.33. The number of nitrogens with one attached hydrogen (secondary N) is 1. The highest BCUT2D eigenvalue weighted by Crippen LogP contribution is 2.25. The molecule has 1 aromatic carbocycles. The molecule has 2 aromatic heterocycles. The number of rotatable bonds is 6. The van der Waals surface area contributed by atoms with Gasteiger partial charge in [-0.3, -0.25) is 9.59 Å². The van der Waals surface area contributed by atoms with Gasteiger partial charge in [-0.05, 0) is 30.7 Å². The number of halogens is 2. The second kappa shape index (κ2) is 8.32. The van der Waals surface area contributed by atoms with Gasteiger partial charge in [0.1, 0.15) is 6.42 Å². The van der Waals surface area contributed by atoms with Crippen LogP contribution >= 0.6 is 23.2 Å². The molecule has 0 saturated heterocycles. The molecule has 0 saturated carbocycles. The van der Waals surface area contributed by atoms with Crippen molar-refractivity contribution >= 4 is 40.9 Å². The summed E-state index contributed by atoms with van der Waals surface area (Å²) in [4.78, 5) is 32.0. The molecule has 8 nitrogen and oxygen atoms in total. The van der Waals surface area contributed by atoms with E-state index in [0.29, 0.717) is 21.4 Å². The Hall–Kier alpha value is -2.71. The molecule has 0 aliphatic heterocycles. The summed E-state index contributed by atoms with van der Waals surface area (Å²) in [6.07, 6.45) is 3.08. The van der Waals surface area contributed by atoms with E-state index in [-0.39, 0.29) is 18.3 Å². The van der Waals surface area contributed by atoms with Crippen LogP contribution in [0.25, 0.3) is 5.78 Å². The van der Waals surface area contributed by atoms with Gasteiger partial charge in [0.15, 0.2) is 12.4 Å². The lowest BCUT2D eigenvalue weighted by Gasteiger charge is -2.16. The molecule has 0 fully saturated rings. The Morgan fingerprint density at radius 1 is 1.33 bits per heavy atom. The molecule has 1 amide bonds. The van der Waals surface area contributed by atoms with Gasteiger partial charge < -0.3 is 10.1 Å². The molecule has 1 atom stereocenters. The SMILES string of the molecule is C[C@@H](NC(=O)COC(=O)Cc1nc2ncccn2n1)c1ccc(Cl)cc1Cl. The maximum atomic E-state index is 12.0. The first-order chi connectivity index (χ1) is 12.9. The fourth-order valence-corrected chi connectivity index (χ4v) is 2.96. The van der Waals surface area contributed by atoms with Gasteiger partial charge in [0.25, 0.3) is 11.7 Å². The maximum Gasteiger partial charge on any atom is 0.314 e. The minimum Gasteiger partial charge on any atom is -0.455 e. The van der Waals surface area contributed by atoms with Crippen LogP contribution in [0.5, 0.6) is 0 Å². The summed E-state index contributed by atoms with van der Waals surface area (Å²) in [5.74, 6) is -0.420. The fourth-order valence-electron chi connectivity index (χ4n) is 2.39. The summed E-state index contributed by atoms with van der Waals surface area (Å²) in [7, 11) is 0. The van der Waals surface area contributed by atoms with E-state index in [4.69, 9.17) is 27.9 Å². The highest BCUT2D eigenvalue weighted by Gasteiger charge is 2.16. The summed E-state index contributed by atoms with van der Waals surface area (Å²) in [6.45, 7) is 1.35. The number of aromatic nitrogens is 4. The standard InChI is InChI=1S/C17H15Cl2N5O3/c1-10(12-4-3-11(18)7-13(12)19)21-15(25)9-27-16(26)8-14-22-17-20-5-2-6-24(17)23-14/h2-7,10H,8-9H2,1H3,(H,21,25)/t10-/m1/s1. The molecular formula is C17H15Cl2N5O3. The van der Waals surface area contributed by atoms with E-state index >= 15 is 0 Å². The molecular weight excluding hydrogens is 393 g/mol. The monoisotopic (exact) mass is 407 g/mol. The van der Waals surface area contributed by atoms with E-state index in [1.807, 2.05) is 0 Å². The van der Waals surface area contributed by atoms with Gasteiger partial charge in [-0.25, -0.2) is 9.50 Å². The second-order valence-corrected chi connectivity index (χ2v) is 6.53. The molecule has 3 rings (SSSR count). The van der Waals surface area contributed by atoms with E-state index in [0.717, 1.165) is 0 Å². The molecule has 1 N–H and O–H groups in total. The number of amides is 1. The van der Waals surface area contributed by atoms with Crippen molar-refractivity contribution in [1.82, 2.24) is 24.9 Å². The second-order valence-electron chi connectivity index (χ2n) is 5.68. The number of carbonyl (C=O) groups excluding carboxylic acids is 2. The van der Waals surface area contributed by atoms with E-state index in [9.17, 15) is 9.59 Å². The number of fused-ring (bicyclic) bond motifs is 1. The molecule has 27 heavy (non-hydrogen) atoms. The summed E-state index contributed by atoms with van der Waals surface area (Å²) in [5, 5.41) is 7.76. The molecule has 3 aromatic rings. The van der Waals surface area contributed by atoms with Crippen LogP contribution in [0.4, 0.5) is 0 Å². The number of esters is 1. The summed E-state index contributed by atoms with van der Waals surface area (Å²) in [5.41, 5.74) is 0.710. The van der Waals surface area contributed by atoms with Gasteiger partial charge in [0, 0.05) is 22.4 Å². The summed E-state index contributed by atoms with van der Waals surface area (Å²) >= 11 is 12.0. The lowest BCUT2D eigenvalue weighted by atomic mass is 10.1. The third-order valence-electron chi connectivity index (χ3n) is 3.63. The van der Waals surface area contributed by atoms with Gasteiger partial charge in [0.05, 0.1) is 6.04 Å². The summed E-state index contributed by atoms with van der Waals surface area (Å²) < 4.78 is 6.43. The average Bonchev–Trinajstić information content (AvgIpc) is 3.02. The van der Waals surface area contributed by atoms with E-state index < -0.39 is 18.5 Å². The molecule has 10 heteroatoms. The zero-order chi connectivity index (χ0) is 19.4. The topological polar surface area (TPSA) is 98.5 Å². The third kappa shape index (κ3) is 4.93. The first-order valence-corrected chi connectivity index (χ1v) is 8.74. The quantitative estimate of drug-likeness (QED) is 0.629. The predicted molar refractivity (Wildman–Crippen MR) is 98.5 cm³/mol. The zero-order valence-corrected chi connectivity index (χ0v) is 15.7. The number of carbonyl (C=O) groups is 2. The average molecular weight is 408 g/mol. The third-order valence-corrected chi connectivity index (χ3v) is 4.20. The van der Waals surface area contributed by atoms with Crippen LogP contribution in [0.2, 0.25) is 10.0 Å². The van der Waals surface area contributed by atoms with Gasteiger partial charge in [-0.1, -0.05) is 29.3 Å². The van der Waals surface area contributed by atoms with Crippen molar-refractivity contribution in [3.05, 3.63) is 58.1 Å². The van der Waals surface area contributed by atoms with Crippen molar-refractivity contribution in [2.75, 3.05) is 6.61 Å². The van der Waals surface area contributed by atoms with Crippen LogP contribution in [0.15, 0.2) is 36.7 Å². The van der Waals surface area contributed by atoms with Crippen molar-refractivity contribution in [3.63, 3.8) is 0 Å². The largest absolute Gasteiger partial charge is 0.455 e. The van der Waals surface area contributed by atoms with Gasteiger partial charge in [-0.2, -0.15) is 4.98 Å². The Morgan fingerprint density at radius 2 is 2.15 bits per heavy atom. The van der Waals surface area contributed by atoms with E-state index in [1.165, 1.54) is 4.52 Å². The van der Waals surface area contributed by atoms with Crippen molar-refractivity contribution in [2.45, 2.75) is 19.4 Å². The first-order valence-electron chi connectivity index (χ1n) is 7.98. The number of nitrogens with zero attached hydrogens (tertiary/aromatic N) is 4. The Morgan fingerprint density at radius 3 is 2.89 bits per heavy atom. The molecule has 0 spiro atoms. The molecule has 2 heterocycles. The lowest BCUT2D eigenvalue weighted by Crippen LogP contribution is -2.31. The Bertz CT molecular complexity index is 959. The van der Waals surface area contributed by atoms with Crippen LogP contribution in [0.1, 0.15) is 24.4 Å². The van der Waals surface area contributed by atoms with Crippen LogP contribution in [0, 0.1) is 0 Å². The smallest absolute Gasteiger partial charge is 0.314 e. The van der Waals surface area contributed by atoms with Crippen LogP contribution in [-0.2, 0) is 20.7 Å². The van der Waals surface area contributed by atoms with Crippen LogP contribution in [0.3, 0.4) is 0 Å².